The predicted molar refractivity (Wildman–Crippen MR) is 236 cm³/mol. The predicted octanol–water partition coefficient (Wildman–Crippen LogP) is 14.1. The summed E-state index contributed by atoms with van der Waals surface area (Å²) in [5.74, 6) is 2.06. The van der Waals surface area contributed by atoms with Crippen molar-refractivity contribution in [3.8, 4) is 56.2 Å². The number of benzene rings is 8. The molecule has 0 saturated carbocycles. The number of hydrogen-bond acceptors (Lipinski definition) is 4. The minimum Gasteiger partial charge on any atom is -0.456 e. The van der Waals surface area contributed by atoms with Crippen molar-refractivity contribution in [1.29, 1.82) is 0 Å². The normalized spacial score (nSPS) is 12.8. The average Bonchev–Trinajstić information content (AvgIpc) is 3.67. The van der Waals surface area contributed by atoms with E-state index in [1.165, 1.54) is 32.7 Å². The van der Waals surface area contributed by atoms with Gasteiger partial charge in [-0.15, -0.1) is 0 Å². The second kappa shape index (κ2) is 13.7. The molecule has 0 fully saturated rings. The maximum absolute atomic E-state index is 6.05. The van der Waals surface area contributed by atoms with Gasteiger partial charge in [-0.1, -0.05) is 164 Å². The van der Waals surface area contributed by atoms with Gasteiger partial charge in [-0.2, -0.15) is 0 Å². The maximum Gasteiger partial charge on any atom is 0.164 e. The Morgan fingerprint density at radius 3 is 1.60 bits per heavy atom. The Kier molecular flexibility index (Phi) is 7.92. The van der Waals surface area contributed by atoms with E-state index in [2.05, 4.69) is 176 Å². The van der Waals surface area contributed by atoms with Crippen molar-refractivity contribution in [1.82, 2.24) is 15.0 Å². The first-order chi connectivity index (χ1) is 28.2. The number of nitrogens with zero attached hydrogens (tertiary/aromatic N) is 3. The van der Waals surface area contributed by atoms with E-state index in [9.17, 15) is 0 Å². The minimum absolute atomic E-state index is 0.666. The minimum atomic E-state index is 0.666. The van der Waals surface area contributed by atoms with Crippen molar-refractivity contribution in [2.75, 3.05) is 0 Å². The van der Waals surface area contributed by atoms with Crippen LogP contribution in [0.15, 0.2) is 193 Å². The number of furan rings is 1. The van der Waals surface area contributed by atoms with Gasteiger partial charge < -0.3 is 4.42 Å². The number of aromatic nitrogens is 3. The molecule has 2 aromatic heterocycles. The van der Waals surface area contributed by atoms with Gasteiger partial charge >= 0.3 is 0 Å². The molecule has 57 heavy (non-hydrogen) atoms. The molecule has 4 heteroatoms. The second-order valence-electron chi connectivity index (χ2n) is 14.7. The number of fused-ring (bicyclic) bond motifs is 6. The van der Waals surface area contributed by atoms with E-state index in [4.69, 9.17) is 19.4 Å². The molecule has 0 bridgehead atoms. The smallest absolute Gasteiger partial charge is 0.164 e. The van der Waals surface area contributed by atoms with Gasteiger partial charge in [0.25, 0.3) is 0 Å². The standard InChI is InChI=1S/C53H35N3O/c1-2-10-38(11-3-1)51-54-52(56-53(55-51)40-28-24-37(25-29-40)47-33-42-12-4-5-13-43(42)44-14-6-7-15-45(44)47)39-26-22-35(23-27-39)34-18-20-36(21-19-34)41-30-31-50-48(32-41)46-16-8-9-17-49(46)57-50/h1-2,4-10,12-33H,3,11H2. The van der Waals surface area contributed by atoms with Crippen molar-refractivity contribution in [3.05, 3.63) is 194 Å². The van der Waals surface area contributed by atoms with Gasteiger partial charge in [-0.25, -0.2) is 15.0 Å². The molecule has 0 unspecified atom stereocenters. The lowest BCUT2D eigenvalue weighted by molar-refractivity contribution is 0.669. The third-order valence-corrected chi connectivity index (χ3v) is 11.2. The highest BCUT2D eigenvalue weighted by Gasteiger charge is 2.16. The zero-order valence-electron chi connectivity index (χ0n) is 31.1. The van der Waals surface area contributed by atoms with E-state index < -0.39 is 0 Å². The highest BCUT2D eigenvalue weighted by molar-refractivity contribution is 6.13. The summed E-state index contributed by atoms with van der Waals surface area (Å²) in [5.41, 5.74) is 11.8. The third kappa shape index (κ3) is 5.99. The summed E-state index contributed by atoms with van der Waals surface area (Å²) in [4.78, 5) is 15.1. The highest BCUT2D eigenvalue weighted by Crippen LogP contribution is 2.37. The summed E-state index contributed by atoms with van der Waals surface area (Å²) in [6, 6.07) is 60.2. The molecule has 0 spiro atoms. The molecule has 8 aromatic carbocycles. The third-order valence-electron chi connectivity index (χ3n) is 11.2. The Hall–Kier alpha value is -7.43. The molecule has 1 aliphatic rings. The van der Waals surface area contributed by atoms with Crippen LogP contribution in [-0.4, -0.2) is 15.0 Å². The van der Waals surface area contributed by atoms with E-state index in [1.807, 2.05) is 12.1 Å². The van der Waals surface area contributed by atoms with Crippen LogP contribution >= 0.6 is 0 Å². The summed E-state index contributed by atoms with van der Waals surface area (Å²) in [6.45, 7) is 0. The Labute approximate surface area is 330 Å². The average molecular weight is 730 g/mol. The molecular weight excluding hydrogens is 695 g/mol. The van der Waals surface area contributed by atoms with Gasteiger partial charge in [0.05, 0.1) is 0 Å². The molecule has 0 atom stereocenters. The lowest BCUT2D eigenvalue weighted by Gasteiger charge is -2.13. The van der Waals surface area contributed by atoms with E-state index in [1.54, 1.807) is 0 Å². The zero-order chi connectivity index (χ0) is 37.7. The zero-order valence-corrected chi connectivity index (χ0v) is 31.1. The summed E-state index contributed by atoms with van der Waals surface area (Å²) in [7, 11) is 0. The van der Waals surface area contributed by atoms with Crippen LogP contribution in [0.4, 0.5) is 0 Å². The monoisotopic (exact) mass is 729 g/mol. The highest BCUT2D eigenvalue weighted by atomic mass is 16.3. The van der Waals surface area contributed by atoms with Crippen LogP contribution in [0.5, 0.6) is 0 Å². The maximum atomic E-state index is 6.05. The van der Waals surface area contributed by atoms with Crippen molar-refractivity contribution < 1.29 is 4.42 Å². The van der Waals surface area contributed by atoms with Crippen LogP contribution in [0.2, 0.25) is 0 Å². The molecule has 2 heterocycles. The summed E-state index contributed by atoms with van der Waals surface area (Å²) >= 11 is 0. The fourth-order valence-electron chi connectivity index (χ4n) is 8.23. The van der Waals surface area contributed by atoms with Crippen LogP contribution in [0.25, 0.3) is 105 Å². The van der Waals surface area contributed by atoms with E-state index in [-0.39, 0.29) is 0 Å². The molecule has 0 radical (unpaired) electrons. The van der Waals surface area contributed by atoms with Crippen LogP contribution in [0.3, 0.4) is 0 Å². The molecule has 1 aliphatic carbocycles. The van der Waals surface area contributed by atoms with Crippen LogP contribution in [-0.2, 0) is 0 Å². The first-order valence-corrected chi connectivity index (χ1v) is 19.5. The summed E-state index contributed by atoms with van der Waals surface area (Å²) in [5, 5.41) is 7.28. The van der Waals surface area contributed by atoms with Crippen LogP contribution < -0.4 is 0 Å². The second-order valence-corrected chi connectivity index (χ2v) is 14.7. The fourth-order valence-corrected chi connectivity index (χ4v) is 8.23. The summed E-state index contributed by atoms with van der Waals surface area (Å²) < 4.78 is 6.05. The van der Waals surface area contributed by atoms with Gasteiger partial charge in [-0.05, 0) is 97.6 Å². The fraction of sp³-hybridized carbons (Fsp3) is 0.0377. The Morgan fingerprint density at radius 2 is 0.912 bits per heavy atom. The van der Waals surface area contributed by atoms with Gasteiger partial charge in [0.1, 0.15) is 11.2 Å². The molecule has 4 nitrogen and oxygen atoms in total. The SMILES string of the molecule is C1=CCCC(c2nc(-c3ccc(-c4ccc(-c5ccc6oc7ccccc7c6c5)cc4)cc3)nc(-c3ccc(-c4cc5ccccc5c5ccccc45)cc3)n2)=C1. The van der Waals surface area contributed by atoms with Gasteiger partial charge in [-0.3, -0.25) is 0 Å². The Morgan fingerprint density at radius 1 is 0.386 bits per heavy atom. The largest absolute Gasteiger partial charge is 0.456 e. The van der Waals surface area contributed by atoms with Crippen molar-refractivity contribution in [2.24, 2.45) is 0 Å². The van der Waals surface area contributed by atoms with Gasteiger partial charge in [0.15, 0.2) is 17.5 Å². The molecule has 268 valence electrons. The lowest BCUT2D eigenvalue weighted by Crippen LogP contribution is -2.03. The number of hydrogen-bond donors (Lipinski definition) is 0. The van der Waals surface area contributed by atoms with Crippen molar-refractivity contribution >= 4 is 49.1 Å². The van der Waals surface area contributed by atoms with Crippen molar-refractivity contribution in [2.45, 2.75) is 12.8 Å². The topological polar surface area (TPSA) is 51.8 Å². The Balaban J connectivity index is 0.911. The lowest BCUT2D eigenvalue weighted by atomic mass is 9.93. The van der Waals surface area contributed by atoms with E-state index >= 15 is 0 Å². The first kappa shape index (κ1) is 33.0. The molecule has 10 aromatic rings. The molecule has 0 N–H and O–H groups in total. The van der Waals surface area contributed by atoms with Crippen LogP contribution in [0, 0.1) is 0 Å². The van der Waals surface area contributed by atoms with E-state index in [0.717, 1.165) is 79.6 Å². The van der Waals surface area contributed by atoms with Crippen molar-refractivity contribution in [3.63, 3.8) is 0 Å². The first-order valence-electron chi connectivity index (χ1n) is 19.5. The number of rotatable bonds is 6. The van der Waals surface area contributed by atoms with Gasteiger partial charge in [0, 0.05) is 21.9 Å². The summed E-state index contributed by atoms with van der Waals surface area (Å²) in [6.07, 6.45) is 8.28. The molecule has 11 rings (SSSR count). The molecule has 0 saturated heterocycles. The molecule has 0 amide bonds. The molecular formula is C53H35N3O. The molecule has 0 aliphatic heterocycles. The Bertz CT molecular complexity index is 3210. The number of para-hydroxylation sites is 1. The number of allylic oxidation sites excluding steroid dienone is 4. The van der Waals surface area contributed by atoms with Crippen LogP contribution in [0.1, 0.15) is 18.7 Å². The van der Waals surface area contributed by atoms with Gasteiger partial charge in [0.2, 0.25) is 0 Å². The van der Waals surface area contributed by atoms with E-state index in [0.29, 0.717) is 11.6 Å². The quantitative estimate of drug-likeness (QED) is 0.160.